The summed E-state index contributed by atoms with van der Waals surface area (Å²) in [5.74, 6) is 1.61. The van der Waals surface area contributed by atoms with Crippen molar-refractivity contribution in [3.05, 3.63) is 35.1 Å². The highest BCUT2D eigenvalue weighted by atomic mass is 127. The maximum Gasteiger partial charge on any atom is 0.222 e. The van der Waals surface area contributed by atoms with Gasteiger partial charge >= 0.3 is 0 Å². The molecule has 0 radical (unpaired) electrons. The lowest BCUT2D eigenvalue weighted by atomic mass is 10.1. The van der Waals surface area contributed by atoms with Crippen molar-refractivity contribution in [1.29, 1.82) is 0 Å². The van der Waals surface area contributed by atoms with Gasteiger partial charge in [-0.15, -0.1) is 24.0 Å². The Balaban J connectivity index is 0.00000420. The topological polar surface area (TPSA) is 56.7 Å². The molecule has 0 spiro atoms. The largest absolute Gasteiger partial charge is 0.357 e. The van der Waals surface area contributed by atoms with Gasteiger partial charge in [0.05, 0.1) is 6.54 Å². The quantitative estimate of drug-likeness (QED) is 0.216. The van der Waals surface area contributed by atoms with Crippen LogP contribution >= 0.6 is 35.7 Å². The Morgan fingerprint density at radius 1 is 1.24 bits per heavy atom. The standard InChI is InChI=1S/C21H33FN4OS.HI/c1-3-23-21(24-11-7-13-26-12-6-4-5-8-20(26)27)25-15-17-9-10-19(22)14-18(17)16-28-2;/h9-10,14H,3-8,11-13,15-16H2,1-2H3,(H2,23,24,25);1H. The summed E-state index contributed by atoms with van der Waals surface area (Å²) < 4.78 is 13.5. The molecule has 164 valence electrons. The van der Waals surface area contributed by atoms with Gasteiger partial charge in [-0.3, -0.25) is 4.79 Å². The number of thioether (sulfide) groups is 1. The molecule has 1 fully saturated rings. The molecule has 8 heteroatoms. The summed E-state index contributed by atoms with van der Waals surface area (Å²) in [5, 5.41) is 6.60. The van der Waals surface area contributed by atoms with Crippen LogP contribution in [0.3, 0.4) is 0 Å². The van der Waals surface area contributed by atoms with Crippen LogP contribution in [0, 0.1) is 5.82 Å². The minimum Gasteiger partial charge on any atom is -0.357 e. The second-order valence-corrected chi connectivity index (χ2v) is 7.88. The first kappa shape index (κ1) is 26.0. The van der Waals surface area contributed by atoms with Crippen LogP contribution in [0.1, 0.15) is 50.2 Å². The monoisotopic (exact) mass is 536 g/mol. The maximum atomic E-state index is 13.5. The second-order valence-electron chi connectivity index (χ2n) is 7.01. The van der Waals surface area contributed by atoms with E-state index in [1.807, 2.05) is 24.1 Å². The first-order chi connectivity index (χ1) is 13.6. The molecule has 29 heavy (non-hydrogen) atoms. The van der Waals surface area contributed by atoms with Gasteiger partial charge in [-0.1, -0.05) is 12.5 Å². The number of guanidine groups is 1. The Hall–Kier alpha value is -1.03. The summed E-state index contributed by atoms with van der Waals surface area (Å²) in [6.07, 6.45) is 6.88. The highest BCUT2D eigenvalue weighted by Gasteiger charge is 2.15. The van der Waals surface area contributed by atoms with Gasteiger partial charge < -0.3 is 15.5 Å². The summed E-state index contributed by atoms with van der Waals surface area (Å²) >= 11 is 1.68. The third-order valence-electron chi connectivity index (χ3n) is 4.79. The van der Waals surface area contributed by atoms with Crippen LogP contribution < -0.4 is 10.6 Å². The number of carbonyl (C=O) groups is 1. The van der Waals surface area contributed by atoms with E-state index in [4.69, 9.17) is 0 Å². The molecular formula is C21H34FIN4OS. The van der Waals surface area contributed by atoms with E-state index in [1.54, 1.807) is 17.8 Å². The fraction of sp³-hybridized carbons (Fsp3) is 0.619. The minimum atomic E-state index is -0.204. The Kier molecular flexibility index (Phi) is 13.3. The minimum absolute atomic E-state index is 0. The lowest BCUT2D eigenvalue weighted by Crippen LogP contribution is -2.39. The van der Waals surface area contributed by atoms with E-state index in [0.717, 1.165) is 74.7 Å². The van der Waals surface area contributed by atoms with Crippen LogP contribution in [-0.2, 0) is 17.1 Å². The van der Waals surface area contributed by atoms with Gasteiger partial charge in [-0.05, 0) is 55.7 Å². The van der Waals surface area contributed by atoms with E-state index in [9.17, 15) is 9.18 Å². The highest BCUT2D eigenvalue weighted by Crippen LogP contribution is 2.17. The number of rotatable bonds is 9. The molecule has 2 rings (SSSR count). The Bertz CT molecular complexity index is 660. The van der Waals surface area contributed by atoms with Crippen molar-refractivity contribution in [2.75, 3.05) is 32.4 Å². The lowest BCUT2D eigenvalue weighted by molar-refractivity contribution is -0.130. The number of hydrogen-bond acceptors (Lipinski definition) is 3. The molecule has 0 saturated carbocycles. The van der Waals surface area contributed by atoms with Gasteiger partial charge in [0.1, 0.15) is 5.82 Å². The lowest BCUT2D eigenvalue weighted by Gasteiger charge is -2.20. The number of nitrogens with one attached hydrogen (secondary N) is 2. The number of halogens is 2. The summed E-state index contributed by atoms with van der Waals surface area (Å²) in [4.78, 5) is 18.7. The molecule has 1 heterocycles. The summed E-state index contributed by atoms with van der Waals surface area (Å²) in [7, 11) is 0. The number of aliphatic imine (C=N–C) groups is 1. The molecule has 0 aromatic heterocycles. The number of benzene rings is 1. The Labute approximate surface area is 195 Å². The van der Waals surface area contributed by atoms with Crippen molar-refractivity contribution >= 4 is 47.6 Å². The van der Waals surface area contributed by atoms with Crippen molar-refractivity contribution in [3.63, 3.8) is 0 Å². The molecule has 1 aromatic carbocycles. The van der Waals surface area contributed by atoms with Crippen molar-refractivity contribution < 1.29 is 9.18 Å². The number of carbonyl (C=O) groups excluding carboxylic acids is 1. The predicted molar refractivity (Wildman–Crippen MR) is 132 cm³/mol. The van der Waals surface area contributed by atoms with Crippen LogP contribution in [-0.4, -0.2) is 49.2 Å². The number of hydrogen-bond donors (Lipinski definition) is 2. The van der Waals surface area contributed by atoms with Crippen LogP contribution in [0.25, 0.3) is 0 Å². The molecular weight excluding hydrogens is 502 g/mol. The Morgan fingerprint density at radius 2 is 2.07 bits per heavy atom. The first-order valence-corrected chi connectivity index (χ1v) is 11.6. The normalized spacial score (nSPS) is 14.9. The highest BCUT2D eigenvalue weighted by molar-refractivity contribution is 14.0. The van der Waals surface area contributed by atoms with Crippen molar-refractivity contribution in [2.24, 2.45) is 4.99 Å². The van der Waals surface area contributed by atoms with Gasteiger partial charge in [-0.25, -0.2) is 9.38 Å². The molecule has 1 aliphatic heterocycles. The second kappa shape index (κ2) is 14.9. The molecule has 2 N–H and O–H groups in total. The van der Waals surface area contributed by atoms with E-state index < -0.39 is 0 Å². The average Bonchev–Trinajstić information content (AvgIpc) is 2.88. The number of likely N-dealkylation sites (tertiary alicyclic amines) is 1. The SMILES string of the molecule is CCNC(=NCc1ccc(F)cc1CSC)NCCCN1CCCCCC1=O.I. The molecule has 0 bridgehead atoms. The van der Waals surface area contributed by atoms with Crippen LogP contribution in [0.4, 0.5) is 4.39 Å². The number of amides is 1. The maximum absolute atomic E-state index is 13.5. The van der Waals surface area contributed by atoms with Crippen LogP contribution in [0.2, 0.25) is 0 Å². The molecule has 0 atom stereocenters. The summed E-state index contributed by atoms with van der Waals surface area (Å²) in [5.41, 5.74) is 2.04. The molecule has 1 aromatic rings. The molecule has 1 amide bonds. The summed E-state index contributed by atoms with van der Waals surface area (Å²) in [6.45, 7) is 5.76. The fourth-order valence-corrected chi connectivity index (χ4v) is 3.88. The van der Waals surface area contributed by atoms with Crippen molar-refractivity contribution in [2.45, 2.75) is 51.3 Å². The fourth-order valence-electron chi connectivity index (χ4n) is 3.30. The first-order valence-electron chi connectivity index (χ1n) is 10.2. The zero-order valence-corrected chi connectivity index (χ0v) is 20.7. The molecule has 0 aliphatic carbocycles. The van der Waals surface area contributed by atoms with E-state index in [-0.39, 0.29) is 35.7 Å². The van der Waals surface area contributed by atoms with Crippen molar-refractivity contribution in [3.8, 4) is 0 Å². The smallest absolute Gasteiger partial charge is 0.222 e. The van der Waals surface area contributed by atoms with Gasteiger partial charge in [-0.2, -0.15) is 11.8 Å². The molecule has 0 unspecified atom stereocenters. The van der Waals surface area contributed by atoms with Crippen LogP contribution in [0.15, 0.2) is 23.2 Å². The van der Waals surface area contributed by atoms with Crippen LogP contribution in [0.5, 0.6) is 0 Å². The predicted octanol–water partition coefficient (Wildman–Crippen LogP) is 4.15. The third kappa shape index (κ3) is 9.55. The molecule has 1 saturated heterocycles. The Morgan fingerprint density at radius 3 is 2.83 bits per heavy atom. The van der Waals surface area contributed by atoms with E-state index >= 15 is 0 Å². The van der Waals surface area contributed by atoms with E-state index in [0.29, 0.717) is 13.0 Å². The molecule has 5 nitrogen and oxygen atoms in total. The van der Waals surface area contributed by atoms with E-state index in [2.05, 4.69) is 15.6 Å². The number of nitrogens with zero attached hydrogens (tertiary/aromatic N) is 2. The van der Waals surface area contributed by atoms with Gasteiger partial charge in [0.25, 0.3) is 0 Å². The zero-order valence-electron chi connectivity index (χ0n) is 17.5. The van der Waals surface area contributed by atoms with E-state index in [1.165, 1.54) is 6.07 Å². The third-order valence-corrected chi connectivity index (χ3v) is 5.39. The van der Waals surface area contributed by atoms with Gasteiger partial charge in [0.15, 0.2) is 5.96 Å². The average molecular weight is 536 g/mol. The van der Waals surface area contributed by atoms with Gasteiger partial charge in [0, 0.05) is 38.4 Å². The summed E-state index contributed by atoms with van der Waals surface area (Å²) in [6, 6.07) is 4.91. The molecule has 1 aliphatic rings. The zero-order chi connectivity index (χ0) is 20.2. The van der Waals surface area contributed by atoms with Gasteiger partial charge in [0.2, 0.25) is 5.91 Å². The van der Waals surface area contributed by atoms with Crippen molar-refractivity contribution in [1.82, 2.24) is 15.5 Å².